The Hall–Kier alpha value is -1.31. The second-order valence-electron chi connectivity index (χ2n) is 6.18. The highest BCUT2D eigenvalue weighted by Gasteiger charge is 2.36. The Bertz CT molecular complexity index is 478. The summed E-state index contributed by atoms with van der Waals surface area (Å²) < 4.78 is 0. The fourth-order valence-electron chi connectivity index (χ4n) is 3.36. The summed E-state index contributed by atoms with van der Waals surface area (Å²) in [5.41, 5.74) is 3.52. The third-order valence-electron chi connectivity index (χ3n) is 4.84. The highest BCUT2D eigenvalue weighted by atomic mass is 16.4. The SMILES string of the molecule is CCCCC(CC)(Cc1ccc2c(c1)CCC2)C(=O)O. The van der Waals surface area contributed by atoms with Gasteiger partial charge in [0.15, 0.2) is 0 Å². The lowest BCUT2D eigenvalue weighted by Gasteiger charge is -2.28. The van der Waals surface area contributed by atoms with E-state index in [0.717, 1.165) is 25.7 Å². The molecule has 1 aliphatic carbocycles. The van der Waals surface area contributed by atoms with Gasteiger partial charge in [0.05, 0.1) is 5.41 Å². The first-order valence-electron chi connectivity index (χ1n) is 7.95. The summed E-state index contributed by atoms with van der Waals surface area (Å²) in [6.45, 7) is 4.13. The molecule has 1 aromatic rings. The Labute approximate surface area is 122 Å². The van der Waals surface area contributed by atoms with Crippen molar-refractivity contribution >= 4 is 5.97 Å². The van der Waals surface area contributed by atoms with Crippen molar-refractivity contribution in [2.75, 3.05) is 0 Å². The van der Waals surface area contributed by atoms with Gasteiger partial charge in [0.25, 0.3) is 0 Å². The first-order valence-corrected chi connectivity index (χ1v) is 7.95. The van der Waals surface area contributed by atoms with Gasteiger partial charge in [0.1, 0.15) is 0 Å². The summed E-state index contributed by atoms with van der Waals surface area (Å²) in [5.74, 6) is -0.631. The van der Waals surface area contributed by atoms with Crippen molar-refractivity contribution in [3.8, 4) is 0 Å². The minimum Gasteiger partial charge on any atom is -0.481 e. The summed E-state index contributed by atoms with van der Waals surface area (Å²) in [4.78, 5) is 11.8. The predicted octanol–water partition coefficient (Wildman–Crippen LogP) is 4.39. The monoisotopic (exact) mass is 274 g/mol. The summed E-state index contributed by atoms with van der Waals surface area (Å²) in [7, 11) is 0. The van der Waals surface area contributed by atoms with Crippen molar-refractivity contribution in [2.45, 2.75) is 65.2 Å². The average Bonchev–Trinajstić information content (AvgIpc) is 2.90. The molecule has 0 spiro atoms. The average molecular weight is 274 g/mol. The van der Waals surface area contributed by atoms with E-state index in [1.807, 2.05) is 6.92 Å². The Morgan fingerprint density at radius 2 is 2.00 bits per heavy atom. The predicted molar refractivity (Wildman–Crippen MR) is 82.1 cm³/mol. The molecular formula is C18H26O2. The van der Waals surface area contributed by atoms with E-state index < -0.39 is 11.4 Å². The van der Waals surface area contributed by atoms with E-state index in [0.29, 0.717) is 12.8 Å². The molecule has 0 fully saturated rings. The number of aliphatic carboxylic acids is 1. The van der Waals surface area contributed by atoms with Crippen molar-refractivity contribution in [2.24, 2.45) is 5.41 Å². The highest BCUT2D eigenvalue weighted by molar-refractivity contribution is 5.75. The van der Waals surface area contributed by atoms with Gasteiger partial charge in [0, 0.05) is 0 Å². The van der Waals surface area contributed by atoms with Gasteiger partial charge in [-0.1, -0.05) is 44.9 Å². The van der Waals surface area contributed by atoms with Crippen LogP contribution in [0.25, 0.3) is 0 Å². The smallest absolute Gasteiger partial charge is 0.309 e. The third-order valence-corrected chi connectivity index (χ3v) is 4.84. The van der Waals surface area contributed by atoms with Gasteiger partial charge in [-0.25, -0.2) is 0 Å². The molecule has 1 unspecified atom stereocenters. The number of unbranched alkanes of at least 4 members (excludes halogenated alkanes) is 1. The van der Waals surface area contributed by atoms with Gasteiger partial charge < -0.3 is 5.11 Å². The summed E-state index contributed by atoms with van der Waals surface area (Å²) in [6, 6.07) is 6.60. The third kappa shape index (κ3) is 3.05. The van der Waals surface area contributed by atoms with E-state index in [1.165, 1.54) is 29.5 Å². The van der Waals surface area contributed by atoms with Crippen molar-refractivity contribution in [1.82, 2.24) is 0 Å². The van der Waals surface area contributed by atoms with Gasteiger partial charge in [-0.2, -0.15) is 0 Å². The molecule has 20 heavy (non-hydrogen) atoms. The molecule has 0 amide bonds. The first-order chi connectivity index (χ1) is 9.61. The van der Waals surface area contributed by atoms with Crippen LogP contribution >= 0.6 is 0 Å². The molecule has 1 aromatic carbocycles. The second-order valence-corrected chi connectivity index (χ2v) is 6.18. The molecule has 1 atom stereocenters. The first kappa shape index (κ1) is 15.1. The quantitative estimate of drug-likeness (QED) is 0.800. The number of rotatable bonds is 7. The maximum absolute atomic E-state index is 11.8. The van der Waals surface area contributed by atoms with E-state index >= 15 is 0 Å². The lowest BCUT2D eigenvalue weighted by Crippen LogP contribution is -2.32. The minimum absolute atomic E-state index is 0.581. The molecule has 0 aromatic heterocycles. The standard InChI is InChI=1S/C18H26O2/c1-3-5-11-18(4-2,17(19)20)13-14-9-10-15-7-6-8-16(15)12-14/h9-10,12H,3-8,11,13H2,1-2H3,(H,19,20). The van der Waals surface area contributed by atoms with Crippen LogP contribution in [0.5, 0.6) is 0 Å². The Balaban J connectivity index is 2.20. The van der Waals surface area contributed by atoms with E-state index in [-0.39, 0.29) is 0 Å². The zero-order valence-corrected chi connectivity index (χ0v) is 12.7. The van der Waals surface area contributed by atoms with Crippen molar-refractivity contribution < 1.29 is 9.90 Å². The normalized spacial score (nSPS) is 16.7. The molecular weight excluding hydrogens is 248 g/mol. The van der Waals surface area contributed by atoms with Gasteiger partial charge >= 0.3 is 5.97 Å². The minimum atomic E-state index is -0.631. The number of hydrogen-bond acceptors (Lipinski definition) is 1. The van der Waals surface area contributed by atoms with E-state index in [2.05, 4.69) is 25.1 Å². The van der Waals surface area contributed by atoms with Crippen LogP contribution in [0.4, 0.5) is 0 Å². The topological polar surface area (TPSA) is 37.3 Å². The van der Waals surface area contributed by atoms with Crippen LogP contribution in [0.3, 0.4) is 0 Å². The number of carbonyl (C=O) groups is 1. The van der Waals surface area contributed by atoms with Crippen LogP contribution in [0, 0.1) is 5.41 Å². The van der Waals surface area contributed by atoms with Crippen LogP contribution in [-0.2, 0) is 24.1 Å². The molecule has 1 aliphatic rings. The number of fused-ring (bicyclic) bond motifs is 1. The molecule has 0 bridgehead atoms. The fourth-order valence-corrected chi connectivity index (χ4v) is 3.36. The van der Waals surface area contributed by atoms with E-state index in [9.17, 15) is 9.90 Å². The Kier molecular flexibility index (Phi) is 4.85. The van der Waals surface area contributed by atoms with Crippen LogP contribution in [0.15, 0.2) is 18.2 Å². The molecule has 1 N–H and O–H groups in total. The number of carboxylic acids is 1. The number of aryl methyl sites for hydroxylation is 2. The molecule has 2 heteroatoms. The van der Waals surface area contributed by atoms with Crippen molar-refractivity contribution in [3.05, 3.63) is 34.9 Å². The summed E-state index contributed by atoms with van der Waals surface area (Å²) >= 11 is 0. The molecule has 0 saturated heterocycles. The maximum Gasteiger partial charge on any atom is 0.309 e. The Morgan fingerprint density at radius 1 is 1.25 bits per heavy atom. The Morgan fingerprint density at radius 3 is 2.65 bits per heavy atom. The molecule has 0 saturated carbocycles. The molecule has 0 aliphatic heterocycles. The molecule has 2 nitrogen and oxygen atoms in total. The van der Waals surface area contributed by atoms with E-state index in [4.69, 9.17) is 0 Å². The zero-order chi connectivity index (χ0) is 14.6. The van der Waals surface area contributed by atoms with Gasteiger partial charge in [-0.3, -0.25) is 4.79 Å². The van der Waals surface area contributed by atoms with E-state index in [1.54, 1.807) is 0 Å². The summed E-state index contributed by atoms with van der Waals surface area (Å²) in [5, 5.41) is 9.71. The molecule has 0 radical (unpaired) electrons. The largest absolute Gasteiger partial charge is 0.481 e. The maximum atomic E-state index is 11.8. The lowest BCUT2D eigenvalue weighted by atomic mass is 9.75. The van der Waals surface area contributed by atoms with Crippen molar-refractivity contribution in [1.29, 1.82) is 0 Å². The molecule has 0 heterocycles. The van der Waals surface area contributed by atoms with Gasteiger partial charge in [-0.05, 0) is 55.2 Å². The fraction of sp³-hybridized carbons (Fsp3) is 0.611. The molecule has 2 rings (SSSR count). The van der Waals surface area contributed by atoms with Gasteiger partial charge in [-0.15, -0.1) is 0 Å². The number of carboxylic acid groups (broad SMARTS) is 1. The van der Waals surface area contributed by atoms with Crippen LogP contribution in [0.2, 0.25) is 0 Å². The van der Waals surface area contributed by atoms with Crippen molar-refractivity contribution in [3.63, 3.8) is 0 Å². The lowest BCUT2D eigenvalue weighted by molar-refractivity contribution is -0.149. The number of benzene rings is 1. The van der Waals surface area contributed by atoms with Crippen LogP contribution in [0.1, 0.15) is 62.6 Å². The summed E-state index contributed by atoms with van der Waals surface area (Å²) in [6.07, 6.45) is 7.79. The van der Waals surface area contributed by atoms with Crippen LogP contribution in [-0.4, -0.2) is 11.1 Å². The zero-order valence-electron chi connectivity index (χ0n) is 12.7. The molecule has 110 valence electrons. The highest BCUT2D eigenvalue weighted by Crippen LogP contribution is 2.34. The van der Waals surface area contributed by atoms with Crippen LogP contribution < -0.4 is 0 Å². The second kappa shape index (κ2) is 6.43. The van der Waals surface area contributed by atoms with Gasteiger partial charge in [0.2, 0.25) is 0 Å². The number of hydrogen-bond donors (Lipinski definition) is 1.